The minimum Gasteiger partial charge on any atom is -0.387 e. The van der Waals surface area contributed by atoms with Crippen molar-refractivity contribution in [1.29, 1.82) is 0 Å². The maximum absolute atomic E-state index is 10.3. The van der Waals surface area contributed by atoms with Crippen LogP contribution in [0.2, 0.25) is 0 Å². The molecular formula is C15H26N2O. The molecule has 0 aliphatic heterocycles. The van der Waals surface area contributed by atoms with Gasteiger partial charge < -0.3 is 10.8 Å². The third-order valence-electron chi connectivity index (χ3n) is 3.63. The van der Waals surface area contributed by atoms with Crippen LogP contribution in [0.25, 0.3) is 0 Å². The first-order valence-electron chi connectivity index (χ1n) is 6.83. The minimum absolute atomic E-state index is 0.425. The third-order valence-corrected chi connectivity index (χ3v) is 3.63. The molecule has 0 bridgehead atoms. The average molecular weight is 250 g/mol. The van der Waals surface area contributed by atoms with Gasteiger partial charge >= 0.3 is 0 Å². The Morgan fingerprint density at radius 1 is 1.22 bits per heavy atom. The Bertz CT molecular complexity index is 337. The van der Waals surface area contributed by atoms with Gasteiger partial charge in [0.25, 0.3) is 0 Å². The second kappa shape index (κ2) is 7.52. The normalized spacial score (nSPS) is 14.8. The number of rotatable bonds is 7. The van der Waals surface area contributed by atoms with Crippen molar-refractivity contribution in [1.82, 2.24) is 4.90 Å². The van der Waals surface area contributed by atoms with Crippen LogP contribution in [0, 0.1) is 0 Å². The van der Waals surface area contributed by atoms with E-state index in [2.05, 4.69) is 25.7 Å². The highest BCUT2D eigenvalue weighted by atomic mass is 16.3. The average Bonchev–Trinajstić information content (AvgIpc) is 2.43. The van der Waals surface area contributed by atoms with E-state index in [9.17, 15) is 5.11 Å². The van der Waals surface area contributed by atoms with Crippen molar-refractivity contribution < 1.29 is 5.11 Å². The van der Waals surface area contributed by atoms with E-state index in [1.54, 1.807) is 0 Å². The summed E-state index contributed by atoms with van der Waals surface area (Å²) in [5.74, 6) is 0. The number of aliphatic hydroxyl groups excluding tert-OH is 1. The predicted molar refractivity (Wildman–Crippen MR) is 76.3 cm³/mol. The van der Waals surface area contributed by atoms with Crippen LogP contribution in [0.4, 0.5) is 0 Å². The number of aliphatic hydroxyl groups is 1. The van der Waals surface area contributed by atoms with Gasteiger partial charge in [-0.25, -0.2) is 0 Å². The monoisotopic (exact) mass is 250 g/mol. The summed E-state index contributed by atoms with van der Waals surface area (Å²) in [4.78, 5) is 2.31. The molecule has 0 saturated carbocycles. The maximum Gasteiger partial charge on any atom is 0.0917 e. The molecule has 1 aromatic carbocycles. The molecule has 0 fully saturated rings. The van der Waals surface area contributed by atoms with Crippen molar-refractivity contribution >= 4 is 0 Å². The lowest BCUT2D eigenvalue weighted by Crippen LogP contribution is -2.35. The number of nitrogens with zero attached hydrogens (tertiary/aromatic N) is 1. The van der Waals surface area contributed by atoms with Crippen LogP contribution < -0.4 is 5.73 Å². The number of likely N-dealkylation sites (N-methyl/N-ethyl adjacent to an activating group) is 1. The minimum atomic E-state index is -0.425. The fourth-order valence-electron chi connectivity index (χ4n) is 2.08. The van der Waals surface area contributed by atoms with Gasteiger partial charge in [-0.2, -0.15) is 0 Å². The Balaban J connectivity index is 2.65. The molecule has 0 saturated heterocycles. The number of hydrogen-bond acceptors (Lipinski definition) is 3. The van der Waals surface area contributed by atoms with Crippen LogP contribution in [-0.2, 0) is 6.54 Å². The summed E-state index contributed by atoms with van der Waals surface area (Å²) >= 11 is 0. The van der Waals surface area contributed by atoms with Crippen molar-refractivity contribution in [3.05, 3.63) is 35.4 Å². The molecule has 102 valence electrons. The molecule has 2 unspecified atom stereocenters. The molecule has 1 aromatic rings. The molecule has 3 N–H and O–H groups in total. The maximum atomic E-state index is 10.3. The van der Waals surface area contributed by atoms with Crippen molar-refractivity contribution in [2.75, 3.05) is 13.1 Å². The van der Waals surface area contributed by atoms with Gasteiger partial charge in [0.1, 0.15) is 0 Å². The summed E-state index contributed by atoms with van der Waals surface area (Å²) in [5.41, 5.74) is 7.63. The van der Waals surface area contributed by atoms with E-state index >= 15 is 0 Å². The third kappa shape index (κ3) is 4.09. The molecule has 0 spiro atoms. The van der Waals surface area contributed by atoms with E-state index in [-0.39, 0.29) is 0 Å². The van der Waals surface area contributed by atoms with E-state index in [0.717, 1.165) is 24.1 Å². The Hall–Kier alpha value is -0.900. The molecule has 0 heterocycles. The quantitative estimate of drug-likeness (QED) is 0.780. The van der Waals surface area contributed by atoms with Crippen LogP contribution in [0.15, 0.2) is 24.3 Å². The first kappa shape index (κ1) is 15.2. The van der Waals surface area contributed by atoms with E-state index in [0.29, 0.717) is 19.1 Å². The lowest BCUT2D eigenvalue weighted by molar-refractivity contribution is 0.0935. The molecule has 0 aliphatic carbocycles. The van der Waals surface area contributed by atoms with Crippen LogP contribution in [0.1, 0.15) is 44.4 Å². The van der Waals surface area contributed by atoms with Gasteiger partial charge in [-0.1, -0.05) is 38.1 Å². The van der Waals surface area contributed by atoms with Crippen molar-refractivity contribution in [2.45, 2.75) is 45.9 Å². The highest BCUT2D eigenvalue weighted by molar-refractivity contribution is 5.24. The van der Waals surface area contributed by atoms with Crippen molar-refractivity contribution in [3.8, 4) is 0 Å². The zero-order valence-corrected chi connectivity index (χ0v) is 11.8. The lowest BCUT2D eigenvalue weighted by atomic mass is 10.1. The van der Waals surface area contributed by atoms with Crippen molar-refractivity contribution in [3.63, 3.8) is 0 Å². The second-order valence-corrected chi connectivity index (χ2v) is 4.81. The highest BCUT2D eigenvalue weighted by Crippen LogP contribution is 2.17. The SMILES string of the molecule is CCC(C)N(CC)CC(O)c1ccc(CN)cc1. The standard InChI is InChI=1S/C15H26N2O/c1-4-12(3)17(5-2)11-15(18)14-8-6-13(10-16)7-9-14/h6-9,12,15,18H,4-5,10-11,16H2,1-3H3. The first-order valence-corrected chi connectivity index (χ1v) is 6.83. The molecular weight excluding hydrogens is 224 g/mol. The predicted octanol–water partition coefficient (Wildman–Crippen LogP) is 2.30. The van der Waals surface area contributed by atoms with Crippen molar-refractivity contribution in [2.24, 2.45) is 5.73 Å². The largest absolute Gasteiger partial charge is 0.387 e. The zero-order chi connectivity index (χ0) is 13.5. The molecule has 1 rings (SSSR count). The summed E-state index contributed by atoms with van der Waals surface area (Å²) in [5, 5.41) is 10.3. The summed E-state index contributed by atoms with van der Waals surface area (Å²) in [6.07, 6.45) is 0.679. The summed E-state index contributed by atoms with van der Waals surface area (Å²) in [6, 6.07) is 8.41. The molecule has 0 radical (unpaired) electrons. The summed E-state index contributed by atoms with van der Waals surface area (Å²) in [7, 11) is 0. The van der Waals surface area contributed by atoms with Crippen LogP contribution in [-0.4, -0.2) is 29.1 Å². The molecule has 2 atom stereocenters. The molecule has 3 nitrogen and oxygen atoms in total. The van der Waals surface area contributed by atoms with Gasteiger partial charge in [0.15, 0.2) is 0 Å². The number of hydrogen-bond donors (Lipinski definition) is 2. The van der Waals surface area contributed by atoms with E-state index in [1.165, 1.54) is 0 Å². The topological polar surface area (TPSA) is 49.5 Å². The highest BCUT2D eigenvalue weighted by Gasteiger charge is 2.16. The van der Waals surface area contributed by atoms with Gasteiger partial charge in [0, 0.05) is 19.1 Å². The zero-order valence-electron chi connectivity index (χ0n) is 11.8. The van der Waals surface area contributed by atoms with Crippen LogP contribution in [0.3, 0.4) is 0 Å². The van der Waals surface area contributed by atoms with E-state index in [4.69, 9.17) is 5.73 Å². The van der Waals surface area contributed by atoms with Gasteiger partial charge in [0.2, 0.25) is 0 Å². The first-order chi connectivity index (χ1) is 8.62. The van der Waals surface area contributed by atoms with E-state index < -0.39 is 6.10 Å². The fourth-order valence-corrected chi connectivity index (χ4v) is 2.08. The molecule has 0 amide bonds. The molecule has 3 heteroatoms. The van der Waals surface area contributed by atoms with Gasteiger partial charge in [-0.15, -0.1) is 0 Å². The molecule has 0 aromatic heterocycles. The Morgan fingerprint density at radius 3 is 2.28 bits per heavy atom. The second-order valence-electron chi connectivity index (χ2n) is 4.81. The molecule has 18 heavy (non-hydrogen) atoms. The Morgan fingerprint density at radius 2 is 1.83 bits per heavy atom. The van der Waals surface area contributed by atoms with Crippen LogP contribution in [0.5, 0.6) is 0 Å². The Kier molecular flexibility index (Phi) is 6.33. The van der Waals surface area contributed by atoms with Gasteiger partial charge in [-0.05, 0) is 31.0 Å². The van der Waals surface area contributed by atoms with E-state index in [1.807, 2.05) is 24.3 Å². The lowest BCUT2D eigenvalue weighted by Gasteiger charge is -2.29. The number of benzene rings is 1. The molecule has 0 aliphatic rings. The summed E-state index contributed by atoms with van der Waals surface area (Å²) in [6.45, 7) is 8.71. The van der Waals surface area contributed by atoms with Gasteiger partial charge in [-0.3, -0.25) is 4.90 Å². The van der Waals surface area contributed by atoms with Crippen LogP contribution >= 0.6 is 0 Å². The fraction of sp³-hybridized carbons (Fsp3) is 0.600. The smallest absolute Gasteiger partial charge is 0.0917 e. The Labute approximate surface area is 111 Å². The summed E-state index contributed by atoms with van der Waals surface area (Å²) < 4.78 is 0. The number of nitrogens with two attached hydrogens (primary N) is 1. The van der Waals surface area contributed by atoms with Gasteiger partial charge in [0.05, 0.1) is 6.10 Å².